The molecule has 4 aromatic rings. The summed E-state index contributed by atoms with van der Waals surface area (Å²) in [7, 11) is 5.38. The number of imidazole rings is 1. The van der Waals surface area contributed by atoms with E-state index >= 15 is 0 Å². The second-order valence-electron chi connectivity index (χ2n) is 13.3. The van der Waals surface area contributed by atoms with Crippen LogP contribution in [0.2, 0.25) is 5.02 Å². The number of benzene rings is 1. The number of alkyl halides is 3. The van der Waals surface area contributed by atoms with Crippen molar-refractivity contribution in [2.45, 2.75) is 31.2 Å². The van der Waals surface area contributed by atoms with Crippen molar-refractivity contribution in [3.8, 4) is 17.1 Å². The van der Waals surface area contributed by atoms with Crippen molar-refractivity contribution in [2.24, 2.45) is 7.05 Å². The summed E-state index contributed by atoms with van der Waals surface area (Å²) in [5.74, 6) is -1.18. The van der Waals surface area contributed by atoms with E-state index in [-0.39, 0.29) is 57.0 Å². The van der Waals surface area contributed by atoms with E-state index in [2.05, 4.69) is 20.4 Å². The highest BCUT2D eigenvalue weighted by atomic mass is 35.5. The van der Waals surface area contributed by atoms with Gasteiger partial charge in [-0.05, 0) is 30.3 Å². The number of pyridine rings is 1. The largest absolute Gasteiger partial charge is 0.435 e. The standard InChI is InChI=1S/C33H36ClF3N10O4/c1-43-25(23-18-46(42-28(23)33(35,36)37)27-7-4-19(38)16-39-27)17-40-29(43)30(49)41-20-5-6-22(24(34)14-20)31(50)44-9-11-45(12-10-44)32(51)26-15-21(48)8-13-47(26,2)3/h4-7,14,16-18,21,26,48H,8-13,15,38H2,1-3H3/p+1/t21?,26-/m0/s1. The molecule has 2 aliphatic rings. The third kappa shape index (κ3) is 7.27. The molecule has 4 N–H and O–H groups in total. The van der Waals surface area contributed by atoms with Crippen molar-refractivity contribution in [3.05, 3.63) is 71.0 Å². The van der Waals surface area contributed by atoms with Gasteiger partial charge in [0.2, 0.25) is 0 Å². The summed E-state index contributed by atoms with van der Waals surface area (Å²) in [4.78, 5) is 51.4. The lowest BCUT2D eigenvalue weighted by atomic mass is 9.96. The molecule has 0 saturated carbocycles. The van der Waals surface area contributed by atoms with E-state index < -0.39 is 23.9 Å². The van der Waals surface area contributed by atoms with Crippen LogP contribution in [-0.2, 0) is 18.0 Å². The predicted molar refractivity (Wildman–Crippen MR) is 181 cm³/mol. The molecule has 0 bridgehead atoms. The van der Waals surface area contributed by atoms with Crippen molar-refractivity contribution in [3.63, 3.8) is 0 Å². The molecule has 3 amide bonds. The first-order valence-corrected chi connectivity index (χ1v) is 16.5. The summed E-state index contributed by atoms with van der Waals surface area (Å²) < 4.78 is 44.8. The van der Waals surface area contributed by atoms with Gasteiger partial charge >= 0.3 is 6.18 Å². The number of nitrogens with one attached hydrogen (secondary N) is 1. The number of quaternary nitrogens is 1. The van der Waals surface area contributed by atoms with E-state index in [0.717, 1.165) is 17.1 Å². The first-order chi connectivity index (χ1) is 24.0. The number of aliphatic hydroxyl groups is 1. The molecule has 51 heavy (non-hydrogen) atoms. The maximum atomic E-state index is 14.0. The molecule has 2 atom stereocenters. The van der Waals surface area contributed by atoms with Crippen LogP contribution < -0.4 is 11.1 Å². The Balaban J connectivity index is 1.12. The number of carbonyl (C=O) groups is 3. The van der Waals surface area contributed by atoms with Crippen LogP contribution in [0.3, 0.4) is 0 Å². The lowest BCUT2D eigenvalue weighted by Gasteiger charge is -2.45. The minimum atomic E-state index is -4.82. The molecule has 6 rings (SSSR count). The number of aliphatic hydroxyl groups excluding tert-OH is 1. The van der Waals surface area contributed by atoms with E-state index in [1.807, 2.05) is 14.1 Å². The van der Waals surface area contributed by atoms with Crippen molar-refractivity contribution < 1.29 is 37.1 Å². The molecule has 2 saturated heterocycles. The Labute approximate surface area is 295 Å². The number of hydrogen-bond donors (Lipinski definition) is 3. The second kappa shape index (κ2) is 13.6. The summed E-state index contributed by atoms with van der Waals surface area (Å²) in [5, 5.41) is 16.6. The number of nitrogen functional groups attached to an aromatic ring is 1. The van der Waals surface area contributed by atoms with Gasteiger partial charge in [-0.1, -0.05) is 11.6 Å². The van der Waals surface area contributed by atoms with Crippen molar-refractivity contribution in [2.75, 3.05) is 57.9 Å². The van der Waals surface area contributed by atoms with Gasteiger partial charge in [0, 0.05) is 58.0 Å². The van der Waals surface area contributed by atoms with Gasteiger partial charge in [-0.3, -0.25) is 14.4 Å². The first-order valence-electron chi connectivity index (χ1n) is 16.1. The summed E-state index contributed by atoms with van der Waals surface area (Å²) in [6, 6.07) is 6.91. The quantitative estimate of drug-likeness (QED) is 0.255. The molecule has 2 fully saturated rings. The molecule has 0 spiro atoms. The van der Waals surface area contributed by atoms with Gasteiger partial charge in [0.25, 0.3) is 17.7 Å². The predicted octanol–water partition coefficient (Wildman–Crippen LogP) is 3.06. The number of carbonyl (C=O) groups excluding carboxylic acids is 3. The van der Waals surface area contributed by atoms with Crippen molar-refractivity contribution in [1.82, 2.24) is 34.1 Å². The molecule has 0 radical (unpaired) electrons. The third-order valence-corrected chi connectivity index (χ3v) is 9.77. The van der Waals surface area contributed by atoms with Crippen LogP contribution in [0.15, 0.2) is 48.9 Å². The van der Waals surface area contributed by atoms with Crippen LogP contribution in [0.5, 0.6) is 0 Å². The number of piperazine rings is 1. The summed E-state index contributed by atoms with van der Waals surface area (Å²) in [6.45, 7) is 1.99. The summed E-state index contributed by atoms with van der Waals surface area (Å²) in [5.41, 5.74) is 4.88. The lowest BCUT2D eigenvalue weighted by Crippen LogP contribution is -2.63. The number of aromatic nitrogens is 5. The van der Waals surface area contributed by atoms with Crippen LogP contribution in [0, 0.1) is 0 Å². The van der Waals surface area contributed by atoms with Gasteiger partial charge in [0.15, 0.2) is 23.4 Å². The Hall–Kier alpha value is -5.00. The minimum absolute atomic E-state index is 0.0194. The van der Waals surface area contributed by atoms with Crippen LogP contribution in [0.4, 0.5) is 24.5 Å². The van der Waals surface area contributed by atoms with E-state index in [9.17, 15) is 32.7 Å². The number of anilines is 2. The fraction of sp³-hybridized carbons (Fsp3) is 0.394. The number of likely N-dealkylation sites (N-methyl/N-ethyl adjacent to an activating group) is 1. The lowest BCUT2D eigenvalue weighted by molar-refractivity contribution is -0.912. The number of nitrogens with two attached hydrogens (primary N) is 1. The first kappa shape index (κ1) is 35.8. The Morgan fingerprint density at radius 3 is 2.39 bits per heavy atom. The number of rotatable bonds is 6. The zero-order valence-corrected chi connectivity index (χ0v) is 28.8. The summed E-state index contributed by atoms with van der Waals surface area (Å²) >= 11 is 6.50. The SMILES string of the molecule is Cn1c(-c2cn(-c3ccc(N)cn3)nc2C(F)(F)F)cnc1C(=O)Nc1ccc(C(=O)N2CCN(C(=O)[C@@H]3CC(O)CC[N+]3(C)C)CC2)c(Cl)c1. The highest BCUT2D eigenvalue weighted by Crippen LogP contribution is 2.37. The number of nitrogens with zero attached hydrogens (tertiary/aromatic N) is 8. The Kier molecular flexibility index (Phi) is 9.56. The smallest absolute Gasteiger partial charge is 0.397 e. The Bertz CT molecular complexity index is 1970. The average molecular weight is 730 g/mol. The van der Waals surface area contributed by atoms with Gasteiger partial charge in [-0.15, -0.1) is 0 Å². The monoisotopic (exact) mass is 729 g/mol. The van der Waals surface area contributed by atoms with Crippen LogP contribution >= 0.6 is 11.6 Å². The van der Waals surface area contributed by atoms with Gasteiger partial charge < -0.3 is 35.0 Å². The van der Waals surface area contributed by atoms with Crippen LogP contribution in [0.25, 0.3) is 17.1 Å². The Morgan fingerprint density at radius 2 is 1.75 bits per heavy atom. The second-order valence-corrected chi connectivity index (χ2v) is 13.7. The molecule has 0 aliphatic carbocycles. The molecule has 5 heterocycles. The molecule has 2 aliphatic heterocycles. The minimum Gasteiger partial charge on any atom is -0.397 e. The van der Waals surface area contributed by atoms with Crippen molar-refractivity contribution in [1.29, 1.82) is 0 Å². The molecule has 18 heteroatoms. The molecule has 1 unspecified atom stereocenters. The number of hydrogen-bond acceptors (Lipinski definition) is 8. The van der Waals surface area contributed by atoms with Crippen LogP contribution in [-0.4, -0.2) is 120 Å². The normalized spacial score (nSPS) is 19.2. The van der Waals surface area contributed by atoms with Crippen molar-refractivity contribution >= 4 is 40.7 Å². The summed E-state index contributed by atoms with van der Waals surface area (Å²) in [6.07, 6.45) is -0.696. The molecule has 1 aromatic carbocycles. The fourth-order valence-corrected chi connectivity index (χ4v) is 6.72. The molecular formula is C33H37ClF3N10O4+. The maximum Gasteiger partial charge on any atom is 0.435 e. The number of likely N-dealkylation sites (tertiary alicyclic amines) is 1. The molecule has 3 aromatic heterocycles. The van der Waals surface area contributed by atoms with Gasteiger partial charge in [0.1, 0.15) is 0 Å². The van der Waals surface area contributed by atoms with Crippen LogP contribution in [0.1, 0.15) is 39.5 Å². The number of amides is 3. The zero-order valence-electron chi connectivity index (χ0n) is 28.1. The highest BCUT2D eigenvalue weighted by molar-refractivity contribution is 6.34. The zero-order chi connectivity index (χ0) is 36.8. The number of piperidine rings is 1. The third-order valence-electron chi connectivity index (χ3n) is 9.45. The van der Waals surface area contributed by atoms with Gasteiger partial charge in [-0.25, -0.2) is 14.6 Å². The number of halogens is 4. The van der Waals surface area contributed by atoms with Gasteiger partial charge in [0.05, 0.1) is 66.7 Å². The fourth-order valence-electron chi connectivity index (χ4n) is 6.45. The van der Waals surface area contributed by atoms with E-state index in [1.54, 1.807) is 9.80 Å². The highest BCUT2D eigenvalue weighted by Gasteiger charge is 2.43. The molecule has 14 nitrogen and oxygen atoms in total. The Morgan fingerprint density at radius 1 is 1.04 bits per heavy atom. The van der Waals surface area contributed by atoms with E-state index in [1.165, 1.54) is 48.1 Å². The van der Waals surface area contributed by atoms with E-state index in [4.69, 9.17) is 17.3 Å². The van der Waals surface area contributed by atoms with E-state index in [0.29, 0.717) is 55.7 Å². The molecular weight excluding hydrogens is 693 g/mol. The van der Waals surface area contributed by atoms with Gasteiger partial charge in [-0.2, -0.15) is 18.3 Å². The topological polar surface area (TPSA) is 164 Å². The molecule has 270 valence electrons. The average Bonchev–Trinajstić information content (AvgIpc) is 3.70. The maximum absolute atomic E-state index is 14.0.